The van der Waals surface area contributed by atoms with Gasteiger partial charge in [-0.15, -0.1) is 40.9 Å². The summed E-state index contributed by atoms with van der Waals surface area (Å²) in [6.45, 7) is 0. The fourth-order valence-electron chi connectivity index (χ4n) is 8.53. The van der Waals surface area contributed by atoms with Gasteiger partial charge in [0.25, 0.3) is 15.8 Å². The van der Waals surface area contributed by atoms with E-state index >= 15 is 0 Å². The Morgan fingerprint density at radius 2 is 0.989 bits per heavy atom. The van der Waals surface area contributed by atoms with Crippen molar-refractivity contribution in [1.82, 2.24) is 0 Å². The molecule has 450 valence electrons. The minimum atomic E-state index is -5.61. The first-order chi connectivity index (χ1) is 41.5. The summed E-state index contributed by atoms with van der Waals surface area (Å²) in [5.74, 6) is -3.67. The number of nitrogens with one attached hydrogen (secondary N) is 1. The van der Waals surface area contributed by atoms with Gasteiger partial charge in [-0.1, -0.05) is 30.3 Å². The number of para-hydroxylation sites is 1. The minimum absolute atomic E-state index is 0. The van der Waals surface area contributed by atoms with Gasteiger partial charge in [-0.3, -0.25) is 14.7 Å². The Morgan fingerprint density at radius 3 is 1.50 bits per heavy atom. The number of nitrogen functional groups attached to an aromatic ring is 1. The number of phenols is 2. The molecule has 9 rings (SSSR count). The fourth-order valence-corrected chi connectivity index (χ4v) is 10.9. The predicted octanol–water partition coefficient (Wildman–Crippen LogP) is -1.68. The molecule has 0 fully saturated rings. The molecule has 6 N–H and O–H groups in total. The van der Waals surface area contributed by atoms with Gasteiger partial charge in [0.15, 0.2) is 11.5 Å². The van der Waals surface area contributed by atoms with Crippen molar-refractivity contribution in [3.05, 3.63) is 155 Å². The average Bonchev–Trinajstić information content (AvgIpc) is 0.782. The van der Waals surface area contributed by atoms with Crippen LogP contribution in [-0.4, -0.2) is 87.2 Å². The first-order valence-electron chi connectivity index (χ1n) is 24.2. The summed E-state index contributed by atoms with van der Waals surface area (Å²) >= 11 is 0. The number of hydrogen-bond acceptors (Lipinski definition) is 29. The van der Waals surface area contributed by atoms with Gasteiger partial charge in [0.1, 0.15) is 86.6 Å². The topological polar surface area (TPSA) is 505 Å². The summed E-state index contributed by atoms with van der Waals surface area (Å²) in [6, 6.07) is 27.5. The Labute approximate surface area is 609 Å². The number of nitro groups is 1. The Hall–Kier alpha value is -6.79. The maximum Gasteiger partial charge on any atom is 1.00 e. The molecule has 0 saturated heterocycles. The number of anilines is 3. The normalized spacial score (nSPS) is 11.9. The summed E-state index contributed by atoms with van der Waals surface area (Å²) in [5, 5.41) is 79.9. The molecule has 0 aliphatic heterocycles. The second-order valence-corrected chi connectivity index (χ2v) is 23.5. The molecular weight excluding hydrogens is 1330 g/mol. The number of phenolic OH excluding ortho intramolecular Hbond substituents is 2. The molecule has 0 bridgehead atoms. The van der Waals surface area contributed by atoms with Gasteiger partial charge in [-0.25, -0.2) is 25.3 Å². The number of methoxy groups -OCH3 is 2. The number of benzene rings is 9. The third-order valence-corrected chi connectivity index (χ3v) is 16.1. The summed E-state index contributed by atoms with van der Waals surface area (Å²) in [6.07, 6.45) is 0. The van der Waals surface area contributed by atoms with E-state index in [2.05, 4.69) is 46.2 Å². The molecule has 9 aromatic rings. The Bertz CT molecular complexity index is 5060. The number of hydrogen-bond donors (Lipinski definition) is 5. The first kappa shape index (κ1) is 75.9. The van der Waals surface area contributed by atoms with Crippen LogP contribution in [0.4, 0.5) is 68.2 Å². The van der Waals surface area contributed by atoms with Crippen LogP contribution in [0.3, 0.4) is 0 Å². The molecule has 0 saturated carbocycles. The summed E-state index contributed by atoms with van der Waals surface area (Å²) in [7, 11) is -19.0. The van der Waals surface area contributed by atoms with Gasteiger partial charge in [0, 0.05) is 44.9 Å². The quantitative estimate of drug-likeness (QED) is 0.0151. The van der Waals surface area contributed by atoms with Crippen LogP contribution >= 0.6 is 0 Å². The van der Waals surface area contributed by atoms with Crippen LogP contribution in [0.2, 0.25) is 0 Å². The number of fused-ring (bicyclic) bond motifs is 2. The van der Waals surface area contributed by atoms with Crippen LogP contribution in [0.25, 0.3) is 32.7 Å². The van der Waals surface area contributed by atoms with Crippen LogP contribution in [0.15, 0.2) is 200 Å². The number of carboxylic acids is 1. The maximum absolute atomic E-state index is 13.0. The van der Waals surface area contributed by atoms with Crippen molar-refractivity contribution >= 4 is 136 Å². The van der Waals surface area contributed by atoms with E-state index in [9.17, 15) is 82.1 Å². The van der Waals surface area contributed by atoms with E-state index < -0.39 is 122 Å². The van der Waals surface area contributed by atoms with E-state index in [-0.39, 0.29) is 180 Å². The molecule has 0 spiro atoms. The molecule has 0 aromatic heterocycles. The molecule has 0 atom stereocenters. The molecule has 31 nitrogen and oxygen atoms in total. The number of carbonyl (C=O) groups excluding carboxylic acids is 1. The SMILES string of the molecule is COc1cc(-c2ccc(N=Nc3c(S(=O)(=O)[O-])cc4c(N=Nc5cc(S(=O)(=O)[O-])ccc5S(=O)(=O)[O-])c(Nc5ccccc5)ccc4c3O)c(OC)c2)ccc1N=Nc1c(S(=O)(=O)O)cc2c(N=Nc3ccc([N+](=O)[O-])cc3C(=O)[O-])c(N)ccc2c1O.[Na+].[Na+].[Na+].[Na+]. The molecule has 39 heteroatoms. The Balaban J connectivity index is 0.00000384. The van der Waals surface area contributed by atoms with Crippen molar-refractivity contribution in [3.63, 3.8) is 0 Å². The number of non-ortho nitro benzene ring substituents is 1. The molecule has 0 amide bonds. The molecule has 9 aromatic carbocycles. The summed E-state index contributed by atoms with van der Waals surface area (Å²) < 4.78 is 158. The summed E-state index contributed by atoms with van der Waals surface area (Å²) in [5.41, 5.74) is 1.89. The Kier molecular flexibility index (Phi) is 25.2. The monoisotopic (exact) mass is 1370 g/mol. The van der Waals surface area contributed by atoms with Gasteiger partial charge in [0.2, 0.25) is 0 Å². The van der Waals surface area contributed by atoms with Crippen LogP contribution in [0, 0.1) is 10.1 Å². The molecule has 0 unspecified atom stereocenters. The number of ether oxygens (including phenoxy) is 2. The number of carbonyl (C=O) groups is 1. The van der Waals surface area contributed by atoms with Crippen LogP contribution in [0.1, 0.15) is 10.4 Å². The van der Waals surface area contributed by atoms with Crippen molar-refractivity contribution < 1.29 is 205 Å². The second kappa shape index (κ2) is 30.5. The zero-order valence-electron chi connectivity index (χ0n) is 48.3. The maximum atomic E-state index is 13.0. The third kappa shape index (κ3) is 16.8. The van der Waals surface area contributed by atoms with E-state index in [1.54, 1.807) is 30.3 Å². The number of aromatic hydroxyl groups is 2. The second-order valence-electron chi connectivity index (χ2n) is 18.1. The van der Waals surface area contributed by atoms with Crippen LogP contribution in [-0.2, 0) is 40.5 Å². The number of azo groups is 4. The van der Waals surface area contributed by atoms with Crippen molar-refractivity contribution in [1.29, 1.82) is 0 Å². The third-order valence-electron chi connectivity index (χ3n) is 12.7. The van der Waals surface area contributed by atoms with Crippen molar-refractivity contribution in [3.8, 4) is 34.1 Å². The standard InChI is InChI=1S/C53H39N11O20S4.4Na/c1-83-42-20-26(8-15-38(42)57-62-49-45(87(77,78)79)24-33-31(51(49)65)12-14-36(54)47(33)60-56-37-17-10-29(64(69)70)22-35(37)53(67)68)27-9-16-39(43(21-27)84-2)58-63-50-46(88(80,81)82)25-34-32(52(50)66)13-18-40(55-28-6-4-3-5-7-28)48(34)61-59-41-23-30(85(71,72)73)11-19-44(41)86(74,75)76;;;;/h3-25,55,65-66H,54H2,1-2H3,(H,67,68)(H,71,72,73)(H,74,75,76)(H,77,78,79)(H,80,81,82);;;;/q;4*+1/p-4. The summed E-state index contributed by atoms with van der Waals surface area (Å²) in [4.78, 5) is 17.9. The van der Waals surface area contributed by atoms with Gasteiger partial charge in [0.05, 0.1) is 56.9 Å². The van der Waals surface area contributed by atoms with E-state index in [0.29, 0.717) is 41.1 Å². The van der Waals surface area contributed by atoms with Crippen molar-refractivity contribution in [2.75, 3.05) is 25.3 Å². The van der Waals surface area contributed by atoms with Gasteiger partial charge in [-0.05, 0) is 108 Å². The molecular formula is C53H35N11Na4O20S4. The molecule has 92 heavy (non-hydrogen) atoms. The molecule has 0 aliphatic carbocycles. The average molecular weight is 1370 g/mol. The van der Waals surface area contributed by atoms with Crippen molar-refractivity contribution in [2.24, 2.45) is 40.9 Å². The number of nitrogens with zero attached hydrogens (tertiary/aromatic N) is 9. The number of aromatic carboxylic acids is 1. The fraction of sp³-hybridized carbons (Fsp3) is 0.0377. The zero-order chi connectivity index (χ0) is 63.8. The van der Waals surface area contributed by atoms with Crippen molar-refractivity contribution in [2.45, 2.75) is 19.6 Å². The van der Waals surface area contributed by atoms with E-state index in [0.717, 1.165) is 24.3 Å². The zero-order valence-corrected chi connectivity index (χ0v) is 59.6. The first-order valence-corrected chi connectivity index (χ1v) is 29.9. The number of nitro benzene ring substituents is 1. The number of rotatable bonds is 19. The predicted molar refractivity (Wildman–Crippen MR) is 305 cm³/mol. The van der Waals surface area contributed by atoms with Gasteiger partial charge < -0.3 is 54.3 Å². The molecule has 0 heterocycles. The van der Waals surface area contributed by atoms with E-state index in [1.807, 2.05) is 0 Å². The molecule has 0 aliphatic rings. The van der Waals surface area contributed by atoms with E-state index in [1.165, 1.54) is 74.9 Å². The minimum Gasteiger partial charge on any atom is -0.744 e. The smallest absolute Gasteiger partial charge is 0.744 e. The Morgan fingerprint density at radius 1 is 0.511 bits per heavy atom. The van der Waals surface area contributed by atoms with Crippen LogP contribution < -0.4 is 144 Å². The largest absolute Gasteiger partial charge is 1.00 e. The number of nitrogens with two attached hydrogens (primary N) is 1. The van der Waals surface area contributed by atoms with Gasteiger partial charge >= 0.3 is 118 Å². The van der Waals surface area contributed by atoms with E-state index in [4.69, 9.17) is 15.2 Å². The number of carboxylic acid groups (broad SMARTS) is 1. The van der Waals surface area contributed by atoms with Crippen LogP contribution in [0.5, 0.6) is 23.0 Å². The molecule has 0 radical (unpaired) electrons. The van der Waals surface area contributed by atoms with Gasteiger partial charge in [-0.2, -0.15) is 8.42 Å².